The number of ether oxygens (including phenoxy) is 1. The second-order valence-corrected chi connectivity index (χ2v) is 7.78. The number of hydrogen-bond acceptors (Lipinski definition) is 8. The first-order chi connectivity index (χ1) is 14.8. The fraction of sp³-hybridized carbons (Fsp3) is 0.429. The van der Waals surface area contributed by atoms with Crippen molar-refractivity contribution < 1.29 is 9.84 Å². The highest BCUT2D eigenvalue weighted by molar-refractivity contribution is 5.68. The van der Waals surface area contributed by atoms with E-state index in [4.69, 9.17) is 4.74 Å². The molecule has 30 heavy (non-hydrogen) atoms. The molecule has 9 nitrogen and oxygen atoms in total. The molecule has 2 N–H and O–H groups in total. The highest BCUT2D eigenvalue weighted by Gasteiger charge is 2.26. The Morgan fingerprint density at radius 3 is 2.53 bits per heavy atom. The minimum Gasteiger partial charge on any atom is -0.507 e. The normalized spacial score (nSPS) is 20.0. The minimum absolute atomic E-state index is 0.119. The topological polar surface area (TPSA) is 101 Å². The van der Waals surface area contributed by atoms with Gasteiger partial charge in [-0.15, -0.1) is 10.2 Å². The summed E-state index contributed by atoms with van der Waals surface area (Å²) in [5.74, 6) is 0.987. The van der Waals surface area contributed by atoms with E-state index in [0.717, 1.165) is 51.4 Å². The van der Waals surface area contributed by atoms with E-state index in [1.165, 1.54) is 4.80 Å². The van der Waals surface area contributed by atoms with Crippen LogP contribution in [0.15, 0.2) is 42.7 Å². The molecule has 0 radical (unpaired) electrons. The molecule has 3 aromatic rings. The molecular formula is C21H25N7O2. The van der Waals surface area contributed by atoms with Crippen molar-refractivity contribution in [1.82, 2.24) is 30.5 Å². The summed E-state index contributed by atoms with van der Waals surface area (Å²) in [6.45, 7) is 3.61. The van der Waals surface area contributed by atoms with Crippen molar-refractivity contribution in [2.75, 3.05) is 31.2 Å². The number of nitrogens with one attached hydrogen (secondary N) is 1. The molecule has 0 amide bonds. The number of rotatable bonds is 5. The van der Waals surface area contributed by atoms with Gasteiger partial charge in [-0.05, 0) is 43.5 Å². The van der Waals surface area contributed by atoms with Crippen LogP contribution in [0.1, 0.15) is 19.3 Å². The van der Waals surface area contributed by atoms with Crippen molar-refractivity contribution in [2.45, 2.75) is 31.3 Å². The van der Waals surface area contributed by atoms with Gasteiger partial charge in [-0.2, -0.15) is 15.0 Å². The number of nitrogens with zero attached hydrogens (tertiary/aromatic N) is 6. The van der Waals surface area contributed by atoms with Crippen LogP contribution in [0, 0.1) is 0 Å². The Bertz CT molecular complexity index is 972. The Kier molecular flexibility index (Phi) is 5.29. The van der Waals surface area contributed by atoms with E-state index in [2.05, 4.69) is 30.6 Å². The Labute approximate surface area is 174 Å². The van der Waals surface area contributed by atoms with E-state index in [1.807, 2.05) is 18.2 Å². The lowest BCUT2D eigenvalue weighted by atomic mass is 10.1. The van der Waals surface area contributed by atoms with Crippen LogP contribution in [-0.2, 0) is 4.74 Å². The highest BCUT2D eigenvalue weighted by Crippen LogP contribution is 2.30. The summed E-state index contributed by atoms with van der Waals surface area (Å²) >= 11 is 0. The predicted octanol–water partition coefficient (Wildman–Crippen LogP) is 1.78. The molecule has 0 saturated carbocycles. The van der Waals surface area contributed by atoms with E-state index in [-0.39, 0.29) is 5.75 Å². The predicted molar refractivity (Wildman–Crippen MR) is 112 cm³/mol. The lowest BCUT2D eigenvalue weighted by Crippen LogP contribution is -2.43. The van der Waals surface area contributed by atoms with Gasteiger partial charge in [0.15, 0.2) is 5.82 Å². The second kappa shape index (κ2) is 8.37. The number of anilines is 1. The smallest absolute Gasteiger partial charge is 0.151 e. The molecule has 2 fully saturated rings. The minimum atomic E-state index is 0.119. The number of hydrogen-bond donors (Lipinski definition) is 2. The number of phenolic OH excluding ortho intramolecular Hbond substituents is 1. The Balaban J connectivity index is 1.25. The number of aromatic nitrogens is 5. The van der Waals surface area contributed by atoms with Gasteiger partial charge >= 0.3 is 0 Å². The Morgan fingerprint density at radius 1 is 0.967 bits per heavy atom. The molecule has 0 aliphatic carbocycles. The van der Waals surface area contributed by atoms with Crippen molar-refractivity contribution >= 4 is 5.82 Å². The summed E-state index contributed by atoms with van der Waals surface area (Å²) in [6.07, 6.45) is 6.46. The molecular weight excluding hydrogens is 382 g/mol. The van der Waals surface area contributed by atoms with Crippen LogP contribution in [0.2, 0.25) is 0 Å². The van der Waals surface area contributed by atoms with Gasteiger partial charge in [0.1, 0.15) is 5.75 Å². The third-order valence-electron chi connectivity index (χ3n) is 5.76. The van der Waals surface area contributed by atoms with E-state index >= 15 is 0 Å². The van der Waals surface area contributed by atoms with Crippen molar-refractivity contribution in [3.63, 3.8) is 0 Å². The number of phenols is 1. The molecule has 0 bridgehead atoms. The van der Waals surface area contributed by atoms with Crippen LogP contribution >= 0.6 is 0 Å². The molecule has 2 saturated heterocycles. The van der Waals surface area contributed by atoms with Crippen LogP contribution in [0.4, 0.5) is 5.82 Å². The zero-order valence-corrected chi connectivity index (χ0v) is 16.7. The maximum absolute atomic E-state index is 10.5. The van der Waals surface area contributed by atoms with Crippen molar-refractivity contribution in [3.05, 3.63) is 42.7 Å². The third kappa shape index (κ3) is 3.99. The lowest BCUT2D eigenvalue weighted by molar-refractivity contribution is 0.0755. The summed E-state index contributed by atoms with van der Waals surface area (Å²) in [5.41, 5.74) is 1.95. The first-order valence-corrected chi connectivity index (χ1v) is 10.4. The monoisotopic (exact) mass is 407 g/mol. The highest BCUT2D eigenvalue weighted by atomic mass is 16.5. The summed E-state index contributed by atoms with van der Waals surface area (Å²) in [6, 6.07) is 10.2. The van der Waals surface area contributed by atoms with Crippen LogP contribution < -0.4 is 10.2 Å². The maximum Gasteiger partial charge on any atom is 0.151 e. The van der Waals surface area contributed by atoms with Crippen LogP contribution in [0.3, 0.4) is 0 Å². The fourth-order valence-corrected chi connectivity index (χ4v) is 4.15. The average Bonchev–Trinajstić information content (AvgIpc) is 3.47. The zero-order valence-electron chi connectivity index (χ0n) is 16.7. The van der Waals surface area contributed by atoms with Gasteiger partial charge in [0.05, 0.1) is 23.8 Å². The first kappa shape index (κ1) is 19.0. The quantitative estimate of drug-likeness (QED) is 0.660. The van der Waals surface area contributed by atoms with Crippen molar-refractivity contribution in [3.8, 4) is 22.7 Å². The summed E-state index contributed by atoms with van der Waals surface area (Å²) in [7, 11) is 0. The molecule has 1 atom stereocenters. The van der Waals surface area contributed by atoms with Crippen LogP contribution in [-0.4, -0.2) is 68.7 Å². The molecule has 9 heteroatoms. The van der Waals surface area contributed by atoms with Gasteiger partial charge in [0.2, 0.25) is 0 Å². The molecule has 2 aromatic heterocycles. The maximum atomic E-state index is 10.5. The average molecular weight is 407 g/mol. The zero-order chi connectivity index (χ0) is 20.3. The molecule has 4 heterocycles. The van der Waals surface area contributed by atoms with Gasteiger partial charge in [-0.25, -0.2) is 0 Å². The summed E-state index contributed by atoms with van der Waals surface area (Å²) in [4.78, 5) is 3.72. The largest absolute Gasteiger partial charge is 0.507 e. The second-order valence-electron chi connectivity index (χ2n) is 7.78. The van der Waals surface area contributed by atoms with Gasteiger partial charge in [0.25, 0.3) is 0 Å². The summed E-state index contributed by atoms with van der Waals surface area (Å²) < 4.78 is 5.44. The van der Waals surface area contributed by atoms with Crippen molar-refractivity contribution in [1.29, 1.82) is 0 Å². The van der Waals surface area contributed by atoms with Gasteiger partial charge < -0.3 is 20.1 Å². The van der Waals surface area contributed by atoms with E-state index in [1.54, 1.807) is 24.5 Å². The Morgan fingerprint density at radius 2 is 1.80 bits per heavy atom. The Hall–Kier alpha value is -3.04. The van der Waals surface area contributed by atoms with Gasteiger partial charge in [0, 0.05) is 50.0 Å². The van der Waals surface area contributed by atoms with Crippen LogP contribution in [0.5, 0.6) is 5.75 Å². The molecule has 5 rings (SSSR count). The molecule has 1 aromatic carbocycles. The fourth-order valence-electron chi connectivity index (χ4n) is 4.15. The van der Waals surface area contributed by atoms with E-state index < -0.39 is 0 Å². The van der Waals surface area contributed by atoms with Crippen molar-refractivity contribution in [2.24, 2.45) is 0 Å². The molecule has 156 valence electrons. The lowest BCUT2D eigenvalue weighted by Gasteiger charge is -2.26. The standard InChI is InChI=1S/C21H25N7O2/c29-20-13-17(28-22-8-9-23-28)1-2-18(20)19-3-4-21(26-25-19)27-10-5-16(14-27)24-15-6-11-30-12-7-15/h1-4,8-9,13,15-16,24,29H,5-7,10-12,14H2/t16-/m1/s1. The van der Waals surface area contributed by atoms with Crippen LogP contribution in [0.25, 0.3) is 16.9 Å². The SMILES string of the molecule is Oc1cc(-n2nccn2)ccc1-c1ccc(N2CC[C@@H](NC3CCOCC3)C2)nn1. The molecule has 2 aliphatic heterocycles. The number of benzene rings is 1. The van der Waals surface area contributed by atoms with Gasteiger partial charge in [-0.3, -0.25) is 0 Å². The van der Waals surface area contributed by atoms with E-state index in [0.29, 0.717) is 29.0 Å². The van der Waals surface area contributed by atoms with Gasteiger partial charge in [-0.1, -0.05) is 0 Å². The molecule has 0 spiro atoms. The van der Waals surface area contributed by atoms with E-state index in [9.17, 15) is 5.11 Å². The molecule has 2 aliphatic rings. The summed E-state index contributed by atoms with van der Waals surface area (Å²) in [5, 5.41) is 31.2. The molecule has 0 unspecified atom stereocenters. The number of aromatic hydroxyl groups is 1. The third-order valence-corrected chi connectivity index (χ3v) is 5.76. The first-order valence-electron chi connectivity index (χ1n) is 10.4.